The summed E-state index contributed by atoms with van der Waals surface area (Å²) in [6.07, 6.45) is 2.01. The van der Waals surface area contributed by atoms with Crippen LogP contribution in [-0.4, -0.2) is 25.3 Å². The molecule has 15 heavy (non-hydrogen) atoms. The highest BCUT2D eigenvalue weighted by Gasteiger charge is 2.18. The van der Waals surface area contributed by atoms with Crippen molar-refractivity contribution in [3.05, 3.63) is 0 Å². The van der Waals surface area contributed by atoms with Crippen molar-refractivity contribution in [3.63, 3.8) is 0 Å². The monoisotopic (exact) mass is 216 g/mol. The third-order valence-corrected chi connectivity index (χ3v) is 2.30. The van der Waals surface area contributed by atoms with E-state index < -0.39 is 0 Å². The summed E-state index contributed by atoms with van der Waals surface area (Å²) < 4.78 is 10.8. The first kappa shape index (κ1) is 14.6. The number of ketones is 1. The summed E-state index contributed by atoms with van der Waals surface area (Å²) in [6, 6.07) is 0. The van der Waals surface area contributed by atoms with Crippen LogP contribution in [0.3, 0.4) is 0 Å². The molecule has 0 saturated heterocycles. The lowest BCUT2D eigenvalue weighted by Gasteiger charge is -2.20. The molecule has 0 spiro atoms. The van der Waals surface area contributed by atoms with Crippen molar-refractivity contribution < 1.29 is 14.3 Å². The fraction of sp³-hybridized carbons (Fsp3) is 0.917. The Bertz CT molecular complexity index is 162. The first-order valence-electron chi connectivity index (χ1n) is 5.91. The zero-order chi connectivity index (χ0) is 11.7. The zero-order valence-electron chi connectivity index (χ0n) is 10.4. The number of hydrogen-bond acceptors (Lipinski definition) is 3. The Kier molecular flexibility index (Phi) is 8.62. The maximum Gasteiger partial charge on any atom is 0.158 e. The molecule has 90 valence electrons. The zero-order valence-corrected chi connectivity index (χ0v) is 10.4. The number of Topliss-reactive ketones (excluding diaryl/α,β-unsaturated/α-hetero) is 1. The molecule has 0 bridgehead atoms. The van der Waals surface area contributed by atoms with E-state index >= 15 is 0 Å². The van der Waals surface area contributed by atoms with Crippen LogP contribution in [0.25, 0.3) is 0 Å². The molecule has 0 aliphatic carbocycles. The van der Waals surface area contributed by atoms with Crippen LogP contribution in [0.15, 0.2) is 0 Å². The summed E-state index contributed by atoms with van der Waals surface area (Å²) >= 11 is 0. The van der Waals surface area contributed by atoms with Gasteiger partial charge in [-0.3, -0.25) is 4.79 Å². The SMILES string of the molecule is CCCC(=O)C(C)CC(OCC)OCC. The highest BCUT2D eigenvalue weighted by molar-refractivity contribution is 5.80. The molecule has 0 aromatic heterocycles. The Hall–Kier alpha value is -0.410. The van der Waals surface area contributed by atoms with Gasteiger partial charge >= 0.3 is 0 Å². The first-order chi connectivity index (χ1) is 7.15. The topological polar surface area (TPSA) is 35.5 Å². The molecule has 0 saturated carbocycles. The molecule has 0 rings (SSSR count). The van der Waals surface area contributed by atoms with Crippen molar-refractivity contribution in [1.29, 1.82) is 0 Å². The van der Waals surface area contributed by atoms with Gasteiger partial charge in [0.05, 0.1) is 0 Å². The Balaban J connectivity index is 3.96. The highest BCUT2D eigenvalue weighted by Crippen LogP contribution is 2.14. The second kappa shape index (κ2) is 8.86. The molecule has 1 atom stereocenters. The number of rotatable bonds is 9. The maximum atomic E-state index is 11.6. The average Bonchev–Trinajstić information content (AvgIpc) is 2.18. The number of hydrogen-bond donors (Lipinski definition) is 0. The van der Waals surface area contributed by atoms with Crippen LogP contribution in [0, 0.1) is 5.92 Å². The lowest BCUT2D eigenvalue weighted by Crippen LogP contribution is -2.24. The number of carbonyl (C=O) groups excluding carboxylic acids is 1. The predicted molar refractivity (Wildman–Crippen MR) is 60.7 cm³/mol. The highest BCUT2D eigenvalue weighted by atomic mass is 16.7. The standard InChI is InChI=1S/C12H24O3/c1-5-8-11(13)10(4)9-12(14-6-2)15-7-3/h10,12H,5-9H2,1-4H3. The van der Waals surface area contributed by atoms with E-state index in [4.69, 9.17) is 9.47 Å². The van der Waals surface area contributed by atoms with Gasteiger partial charge in [-0.1, -0.05) is 13.8 Å². The second-order valence-corrected chi connectivity index (χ2v) is 3.69. The van der Waals surface area contributed by atoms with Crippen LogP contribution in [0.1, 0.15) is 47.0 Å². The predicted octanol–water partition coefficient (Wildman–Crippen LogP) is 2.78. The Labute approximate surface area is 93.1 Å². The van der Waals surface area contributed by atoms with Gasteiger partial charge in [0.1, 0.15) is 5.78 Å². The molecular weight excluding hydrogens is 192 g/mol. The number of carbonyl (C=O) groups is 1. The smallest absolute Gasteiger partial charge is 0.158 e. The fourth-order valence-corrected chi connectivity index (χ4v) is 1.47. The molecule has 0 aliphatic rings. The Morgan fingerprint density at radius 2 is 1.67 bits per heavy atom. The molecule has 3 nitrogen and oxygen atoms in total. The van der Waals surface area contributed by atoms with Crippen molar-refractivity contribution in [1.82, 2.24) is 0 Å². The summed E-state index contributed by atoms with van der Waals surface area (Å²) in [5, 5.41) is 0. The molecule has 0 aromatic carbocycles. The quantitative estimate of drug-likeness (QED) is 0.556. The van der Waals surface area contributed by atoms with Crippen molar-refractivity contribution in [2.45, 2.75) is 53.2 Å². The largest absolute Gasteiger partial charge is 0.353 e. The lowest BCUT2D eigenvalue weighted by atomic mass is 9.99. The van der Waals surface area contributed by atoms with E-state index in [1.54, 1.807) is 0 Å². The van der Waals surface area contributed by atoms with Crippen molar-refractivity contribution in [2.24, 2.45) is 5.92 Å². The molecule has 0 heterocycles. The van der Waals surface area contributed by atoms with Crippen LogP contribution in [-0.2, 0) is 14.3 Å². The van der Waals surface area contributed by atoms with Crippen molar-refractivity contribution in [2.75, 3.05) is 13.2 Å². The minimum atomic E-state index is -0.226. The average molecular weight is 216 g/mol. The van der Waals surface area contributed by atoms with Crippen LogP contribution in [0.2, 0.25) is 0 Å². The molecule has 0 radical (unpaired) electrons. The molecule has 0 amide bonds. The minimum Gasteiger partial charge on any atom is -0.353 e. The van der Waals surface area contributed by atoms with Gasteiger partial charge in [-0.25, -0.2) is 0 Å². The van der Waals surface area contributed by atoms with Crippen molar-refractivity contribution >= 4 is 5.78 Å². The fourth-order valence-electron chi connectivity index (χ4n) is 1.47. The number of ether oxygens (including phenoxy) is 2. The van der Waals surface area contributed by atoms with Gasteiger partial charge in [0, 0.05) is 32.0 Å². The van der Waals surface area contributed by atoms with Gasteiger partial charge in [0.25, 0.3) is 0 Å². The molecule has 1 unspecified atom stereocenters. The molecule has 0 aliphatic heterocycles. The van der Waals surface area contributed by atoms with E-state index in [-0.39, 0.29) is 12.2 Å². The minimum absolute atomic E-state index is 0.0352. The van der Waals surface area contributed by atoms with Gasteiger partial charge in [-0.2, -0.15) is 0 Å². The van der Waals surface area contributed by atoms with Crippen LogP contribution in [0.4, 0.5) is 0 Å². The van der Waals surface area contributed by atoms with Crippen LogP contribution < -0.4 is 0 Å². The second-order valence-electron chi connectivity index (χ2n) is 3.69. The third kappa shape index (κ3) is 6.63. The first-order valence-corrected chi connectivity index (χ1v) is 5.91. The molecule has 3 heteroatoms. The van der Waals surface area contributed by atoms with E-state index in [0.29, 0.717) is 31.8 Å². The summed E-state index contributed by atoms with van der Waals surface area (Å²) in [7, 11) is 0. The summed E-state index contributed by atoms with van der Waals surface area (Å²) in [5.74, 6) is 0.343. The van der Waals surface area contributed by atoms with E-state index in [0.717, 1.165) is 6.42 Å². The maximum absolute atomic E-state index is 11.6. The van der Waals surface area contributed by atoms with Gasteiger partial charge < -0.3 is 9.47 Å². The van der Waals surface area contributed by atoms with Gasteiger partial charge in [-0.15, -0.1) is 0 Å². The van der Waals surface area contributed by atoms with Gasteiger partial charge in [-0.05, 0) is 20.3 Å². The summed E-state index contributed by atoms with van der Waals surface area (Å²) in [5.41, 5.74) is 0. The molecule has 0 fully saturated rings. The Morgan fingerprint density at radius 3 is 2.07 bits per heavy atom. The molecule has 0 N–H and O–H groups in total. The van der Waals surface area contributed by atoms with E-state index in [1.807, 2.05) is 27.7 Å². The molecule has 0 aromatic rings. The molecular formula is C12H24O3. The van der Waals surface area contributed by atoms with E-state index in [2.05, 4.69) is 0 Å². The Morgan fingerprint density at radius 1 is 1.13 bits per heavy atom. The van der Waals surface area contributed by atoms with E-state index in [1.165, 1.54) is 0 Å². The van der Waals surface area contributed by atoms with Crippen LogP contribution in [0.5, 0.6) is 0 Å². The lowest BCUT2D eigenvalue weighted by molar-refractivity contribution is -0.151. The van der Waals surface area contributed by atoms with E-state index in [9.17, 15) is 4.79 Å². The van der Waals surface area contributed by atoms with Crippen LogP contribution >= 0.6 is 0 Å². The summed E-state index contributed by atoms with van der Waals surface area (Å²) in [4.78, 5) is 11.6. The summed E-state index contributed by atoms with van der Waals surface area (Å²) in [6.45, 7) is 9.09. The normalized spacial score (nSPS) is 13.1. The van der Waals surface area contributed by atoms with Gasteiger partial charge in [0.2, 0.25) is 0 Å². The van der Waals surface area contributed by atoms with Crippen molar-refractivity contribution in [3.8, 4) is 0 Å². The van der Waals surface area contributed by atoms with Gasteiger partial charge in [0.15, 0.2) is 6.29 Å². The third-order valence-electron chi connectivity index (χ3n) is 2.30.